The maximum absolute atomic E-state index is 12.3. The molecule has 1 amide bonds. The van der Waals surface area contributed by atoms with Gasteiger partial charge in [0.05, 0.1) is 6.54 Å². The van der Waals surface area contributed by atoms with Crippen molar-refractivity contribution in [2.24, 2.45) is 17.6 Å². The van der Waals surface area contributed by atoms with Gasteiger partial charge in [-0.3, -0.25) is 4.79 Å². The summed E-state index contributed by atoms with van der Waals surface area (Å²) in [7, 11) is 0. The number of nitrogens with two attached hydrogens (primary N) is 1. The molecule has 0 fully saturated rings. The summed E-state index contributed by atoms with van der Waals surface area (Å²) >= 11 is 0. The van der Waals surface area contributed by atoms with Gasteiger partial charge in [-0.1, -0.05) is 13.8 Å². The minimum Gasteiger partial charge on any atom is -0.333 e. The molecule has 2 N–H and O–H groups in total. The summed E-state index contributed by atoms with van der Waals surface area (Å²) in [5.41, 5.74) is 5.64. The number of carbonyl (C=O) groups excluding carboxylic acids is 1. The highest BCUT2D eigenvalue weighted by Crippen LogP contribution is 2.21. The normalized spacial score (nSPS) is 16.3. The van der Waals surface area contributed by atoms with E-state index >= 15 is 0 Å². The van der Waals surface area contributed by atoms with Crippen LogP contribution in [0.3, 0.4) is 0 Å². The molecule has 1 aromatic rings. The number of amides is 1. The van der Waals surface area contributed by atoms with Crippen molar-refractivity contribution in [1.82, 2.24) is 19.7 Å². The Balaban J connectivity index is 1.83. The summed E-state index contributed by atoms with van der Waals surface area (Å²) in [4.78, 5) is 14.2. The molecule has 0 spiro atoms. The van der Waals surface area contributed by atoms with E-state index in [0.717, 1.165) is 31.8 Å². The summed E-state index contributed by atoms with van der Waals surface area (Å²) in [6, 6.07) is 0. The zero-order valence-electron chi connectivity index (χ0n) is 12.5. The number of hydrogen-bond acceptors (Lipinski definition) is 4. The molecule has 20 heavy (non-hydrogen) atoms. The highest BCUT2D eigenvalue weighted by Gasteiger charge is 2.23. The Kier molecular flexibility index (Phi) is 5.11. The van der Waals surface area contributed by atoms with E-state index in [-0.39, 0.29) is 5.91 Å². The zero-order chi connectivity index (χ0) is 14.5. The van der Waals surface area contributed by atoms with Crippen molar-refractivity contribution in [1.29, 1.82) is 0 Å². The Labute approximate surface area is 120 Å². The van der Waals surface area contributed by atoms with E-state index in [1.165, 1.54) is 0 Å². The second kappa shape index (κ2) is 6.83. The summed E-state index contributed by atoms with van der Waals surface area (Å²) in [6.07, 6.45) is 4.26. The van der Waals surface area contributed by atoms with Crippen LogP contribution in [0.1, 0.15) is 38.9 Å². The minimum absolute atomic E-state index is 0.224. The average molecular weight is 279 g/mol. The first-order valence-electron chi connectivity index (χ1n) is 7.46. The van der Waals surface area contributed by atoms with Gasteiger partial charge in [0.1, 0.15) is 6.33 Å². The lowest BCUT2D eigenvalue weighted by Crippen LogP contribution is -2.38. The van der Waals surface area contributed by atoms with Gasteiger partial charge in [0, 0.05) is 19.5 Å². The maximum atomic E-state index is 12.3. The van der Waals surface area contributed by atoms with Crippen LogP contribution >= 0.6 is 0 Å². The standard InChI is InChI=1S/C14H25N5O/c1-11(2)12(5-6-15)3-4-14(20)18-7-8-19-10-16-17-13(19)9-18/h10-12H,3-9,15H2,1-2H3. The van der Waals surface area contributed by atoms with Crippen LogP contribution in [0.5, 0.6) is 0 Å². The molecule has 0 saturated carbocycles. The Morgan fingerprint density at radius 2 is 2.20 bits per heavy atom. The first-order valence-corrected chi connectivity index (χ1v) is 7.46. The van der Waals surface area contributed by atoms with Crippen molar-refractivity contribution in [3.8, 4) is 0 Å². The second-order valence-corrected chi connectivity index (χ2v) is 5.88. The van der Waals surface area contributed by atoms with E-state index in [4.69, 9.17) is 5.73 Å². The average Bonchev–Trinajstić information content (AvgIpc) is 2.89. The molecule has 0 saturated heterocycles. The lowest BCUT2D eigenvalue weighted by atomic mass is 9.88. The van der Waals surface area contributed by atoms with Crippen LogP contribution in [0.4, 0.5) is 0 Å². The van der Waals surface area contributed by atoms with Gasteiger partial charge >= 0.3 is 0 Å². The number of fused-ring (bicyclic) bond motifs is 1. The SMILES string of the molecule is CC(C)C(CCN)CCC(=O)N1CCn2cnnc2C1. The van der Waals surface area contributed by atoms with E-state index in [1.54, 1.807) is 6.33 Å². The van der Waals surface area contributed by atoms with Gasteiger partial charge in [-0.2, -0.15) is 0 Å². The zero-order valence-corrected chi connectivity index (χ0v) is 12.5. The maximum Gasteiger partial charge on any atom is 0.223 e. The molecule has 6 nitrogen and oxygen atoms in total. The summed E-state index contributed by atoms with van der Waals surface area (Å²) in [5.74, 6) is 2.22. The number of rotatable bonds is 6. The molecule has 0 radical (unpaired) electrons. The van der Waals surface area contributed by atoms with Crippen molar-refractivity contribution in [3.05, 3.63) is 12.2 Å². The second-order valence-electron chi connectivity index (χ2n) is 5.88. The summed E-state index contributed by atoms with van der Waals surface area (Å²) < 4.78 is 2.01. The summed E-state index contributed by atoms with van der Waals surface area (Å²) in [5, 5.41) is 7.93. The predicted molar refractivity (Wildman–Crippen MR) is 76.7 cm³/mol. The molecule has 0 aliphatic carbocycles. The van der Waals surface area contributed by atoms with Crippen LogP contribution < -0.4 is 5.73 Å². The molecule has 112 valence electrons. The molecule has 1 aromatic heterocycles. The van der Waals surface area contributed by atoms with Crippen molar-refractivity contribution in [2.75, 3.05) is 13.1 Å². The molecule has 0 aromatic carbocycles. The van der Waals surface area contributed by atoms with Crippen LogP contribution in [0.2, 0.25) is 0 Å². The molecule has 1 atom stereocenters. The van der Waals surface area contributed by atoms with Gasteiger partial charge in [0.15, 0.2) is 5.82 Å². The Hall–Kier alpha value is -1.43. The smallest absolute Gasteiger partial charge is 0.223 e. The van der Waals surface area contributed by atoms with E-state index < -0.39 is 0 Å². The first-order chi connectivity index (χ1) is 9.61. The molecule has 1 unspecified atom stereocenters. The van der Waals surface area contributed by atoms with Crippen molar-refractivity contribution in [2.45, 2.75) is 46.2 Å². The van der Waals surface area contributed by atoms with Crippen LogP contribution in [-0.2, 0) is 17.9 Å². The third-order valence-electron chi connectivity index (χ3n) is 4.20. The van der Waals surface area contributed by atoms with Gasteiger partial charge in [0.25, 0.3) is 0 Å². The fourth-order valence-corrected chi connectivity index (χ4v) is 2.77. The number of carbonyl (C=O) groups is 1. The highest BCUT2D eigenvalue weighted by atomic mass is 16.2. The molecule has 1 aliphatic rings. The van der Waals surface area contributed by atoms with Crippen LogP contribution in [0, 0.1) is 11.8 Å². The largest absolute Gasteiger partial charge is 0.333 e. The lowest BCUT2D eigenvalue weighted by Gasteiger charge is -2.28. The molecular formula is C14H25N5O. The third kappa shape index (κ3) is 3.56. The minimum atomic E-state index is 0.224. The monoisotopic (exact) mass is 279 g/mol. The Bertz CT molecular complexity index is 443. The molecule has 1 aliphatic heterocycles. The fraction of sp³-hybridized carbons (Fsp3) is 0.786. The first kappa shape index (κ1) is 15.0. The van der Waals surface area contributed by atoms with Gasteiger partial charge in [-0.05, 0) is 31.2 Å². The Morgan fingerprint density at radius 3 is 2.90 bits per heavy atom. The molecule has 2 rings (SSSR count). The van der Waals surface area contributed by atoms with Gasteiger partial charge in [-0.15, -0.1) is 10.2 Å². The van der Waals surface area contributed by atoms with Crippen LogP contribution in [-0.4, -0.2) is 38.7 Å². The lowest BCUT2D eigenvalue weighted by molar-refractivity contribution is -0.133. The molecule has 0 bridgehead atoms. The van der Waals surface area contributed by atoms with Crippen molar-refractivity contribution < 1.29 is 4.79 Å². The van der Waals surface area contributed by atoms with Crippen molar-refractivity contribution >= 4 is 5.91 Å². The molecular weight excluding hydrogens is 254 g/mol. The Morgan fingerprint density at radius 1 is 1.40 bits per heavy atom. The molecule has 6 heteroatoms. The van der Waals surface area contributed by atoms with Gasteiger partial charge in [-0.25, -0.2) is 0 Å². The van der Waals surface area contributed by atoms with Crippen LogP contribution in [0.25, 0.3) is 0 Å². The molecule has 2 heterocycles. The predicted octanol–water partition coefficient (Wildman–Crippen LogP) is 1.02. The van der Waals surface area contributed by atoms with Gasteiger partial charge in [0.2, 0.25) is 5.91 Å². The number of nitrogens with zero attached hydrogens (tertiary/aromatic N) is 4. The van der Waals surface area contributed by atoms with E-state index in [0.29, 0.717) is 31.3 Å². The van der Waals surface area contributed by atoms with Crippen molar-refractivity contribution in [3.63, 3.8) is 0 Å². The van der Waals surface area contributed by atoms with Gasteiger partial charge < -0.3 is 15.2 Å². The number of hydrogen-bond donors (Lipinski definition) is 1. The third-order valence-corrected chi connectivity index (χ3v) is 4.20. The summed E-state index contributed by atoms with van der Waals surface area (Å²) in [6.45, 7) is 7.24. The van der Waals surface area contributed by atoms with E-state index in [1.807, 2.05) is 9.47 Å². The van der Waals surface area contributed by atoms with E-state index in [9.17, 15) is 4.79 Å². The van der Waals surface area contributed by atoms with E-state index in [2.05, 4.69) is 24.0 Å². The topological polar surface area (TPSA) is 77.0 Å². The number of aromatic nitrogens is 3. The fourth-order valence-electron chi connectivity index (χ4n) is 2.77. The quantitative estimate of drug-likeness (QED) is 0.843. The highest BCUT2D eigenvalue weighted by molar-refractivity contribution is 5.76. The van der Waals surface area contributed by atoms with Crippen LogP contribution in [0.15, 0.2) is 6.33 Å².